The van der Waals surface area contributed by atoms with Crippen molar-refractivity contribution in [3.05, 3.63) is 83.2 Å². The first-order chi connectivity index (χ1) is 13.9. The monoisotopic (exact) mass is 406 g/mol. The molecule has 0 heterocycles. The van der Waals surface area contributed by atoms with E-state index in [4.69, 9.17) is 4.74 Å². The van der Waals surface area contributed by atoms with Crippen molar-refractivity contribution in [3.63, 3.8) is 0 Å². The first-order valence-corrected chi connectivity index (χ1v) is 10.9. The molecule has 3 heteroatoms. The van der Waals surface area contributed by atoms with E-state index in [-0.39, 0.29) is 11.6 Å². The van der Waals surface area contributed by atoms with Gasteiger partial charge in [-0.25, -0.2) is 4.39 Å². The standard InChI is InChI=1S/C26H27FOS/c1-17(2)12-13-28-26-11-8-21(16-25(26)27)24-15-18(3)23(14-19(24)4)20-6-9-22(29-5)10-7-20/h6-12,14-16H,13H2,1-5H3. The van der Waals surface area contributed by atoms with Crippen LogP contribution in [0.1, 0.15) is 25.0 Å². The van der Waals surface area contributed by atoms with E-state index in [9.17, 15) is 4.39 Å². The molecule has 0 fully saturated rings. The van der Waals surface area contributed by atoms with Crippen molar-refractivity contribution in [2.75, 3.05) is 12.9 Å². The summed E-state index contributed by atoms with van der Waals surface area (Å²) < 4.78 is 20.1. The minimum atomic E-state index is -0.335. The van der Waals surface area contributed by atoms with Gasteiger partial charge in [0.05, 0.1) is 0 Å². The molecule has 0 aliphatic carbocycles. The SMILES string of the molecule is CSc1ccc(-c2cc(C)c(-c3ccc(OCC=C(C)C)c(F)c3)cc2C)cc1. The van der Waals surface area contributed by atoms with Gasteiger partial charge in [0, 0.05) is 4.90 Å². The lowest BCUT2D eigenvalue weighted by Crippen LogP contribution is -1.97. The molecule has 0 bridgehead atoms. The van der Waals surface area contributed by atoms with E-state index in [0.717, 1.165) is 22.3 Å². The van der Waals surface area contributed by atoms with Gasteiger partial charge < -0.3 is 4.74 Å². The summed E-state index contributed by atoms with van der Waals surface area (Å²) in [5, 5.41) is 0. The quantitative estimate of drug-likeness (QED) is 0.304. The van der Waals surface area contributed by atoms with E-state index in [0.29, 0.717) is 6.61 Å². The predicted octanol–water partition coefficient (Wildman–Crippen LogP) is 7.84. The third kappa shape index (κ3) is 5.10. The highest BCUT2D eigenvalue weighted by Crippen LogP contribution is 2.34. The fraction of sp³-hybridized carbons (Fsp3) is 0.231. The van der Waals surface area contributed by atoms with Crippen LogP contribution in [0.15, 0.2) is 71.1 Å². The predicted molar refractivity (Wildman–Crippen MR) is 123 cm³/mol. The normalized spacial score (nSPS) is 10.7. The molecular weight excluding hydrogens is 379 g/mol. The van der Waals surface area contributed by atoms with Crippen LogP contribution in [-0.2, 0) is 0 Å². The molecule has 0 aromatic heterocycles. The maximum Gasteiger partial charge on any atom is 0.165 e. The summed E-state index contributed by atoms with van der Waals surface area (Å²) in [4.78, 5) is 1.25. The topological polar surface area (TPSA) is 9.23 Å². The average Bonchev–Trinajstić information content (AvgIpc) is 2.70. The molecule has 3 rings (SSSR count). The minimum Gasteiger partial charge on any atom is -0.486 e. The maximum atomic E-state index is 14.6. The lowest BCUT2D eigenvalue weighted by molar-refractivity contribution is 0.341. The van der Waals surface area contributed by atoms with Gasteiger partial charge in [-0.2, -0.15) is 0 Å². The molecule has 0 spiro atoms. The lowest BCUT2D eigenvalue weighted by atomic mass is 9.92. The first-order valence-electron chi connectivity index (χ1n) is 9.71. The van der Waals surface area contributed by atoms with E-state index >= 15 is 0 Å². The smallest absolute Gasteiger partial charge is 0.165 e. The average molecular weight is 407 g/mol. The van der Waals surface area contributed by atoms with Crippen LogP contribution in [0.5, 0.6) is 5.75 Å². The zero-order valence-electron chi connectivity index (χ0n) is 17.7. The summed E-state index contributed by atoms with van der Waals surface area (Å²) >= 11 is 1.74. The molecule has 0 saturated heterocycles. The van der Waals surface area contributed by atoms with Crippen LogP contribution in [0.3, 0.4) is 0 Å². The van der Waals surface area contributed by atoms with Gasteiger partial charge in [0.25, 0.3) is 0 Å². The Morgan fingerprint density at radius 3 is 2.03 bits per heavy atom. The number of allylic oxidation sites excluding steroid dienone is 1. The zero-order valence-corrected chi connectivity index (χ0v) is 18.5. The molecular formula is C26H27FOS. The number of hydrogen-bond donors (Lipinski definition) is 0. The second-order valence-corrected chi connectivity index (χ2v) is 8.33. The molecule has 0 aliphatic rings. The zero-order chi connectivity index (χ0) is 21.0. The third-order valence-corrected chi connectivity index (χ3v) is 5.69. The summed E-state index contributed by atoms with van der Waals surface area (Å²) in [6, 6.07) is 18.1. The second kappa shape index (κ2) is 9.32. The van der Waals surface area contributed by atoms with E-state index in [1.165, 1.54) is 21.6 Å². The van der Waals surface area contributed by atoms with Crippen LogP contribution in [0.4, 0.5) is 4.39 Å². The Balaban J connectivity index is 1.90. The van der Waals surface area contributed by atoms with E-state index in [2.05, 4.69) is 56.5 Å². The third-order valence-electron chi connectivity index (χ3n) is 4.95. The molecule has 29 heavy (non-hydrogen) atoms. The molecule has 0 amide bonds. The molecule has 3 aromatic rings. The van der Waals surface area contributed by atoms with Gasteiger partial charge in [-0.3, -0.25) is 0 Å². The number of rotatable bonds is 6. The molecule has 0 aliphatic heterocycles. The minimum absolute atomic E-state index is 0.283. The van der Waals surface area contributed by atoms with E-state index in [1.54, 1.807) is 23.9 Å². The van der Waals surface area contributed by atoms with Crippen LogP contribution in [-0.4, -0.2) is 12.9 Å². The number of ether oxygens (including phenoxy) is 1. The number of thioether (sulfide) groups is 1. The molecule has 0 N–H and O–H groups in total. The Hall–Kier alpha value is -2.52. The Morgan fingerprint density at radius 2 is 1.48 bits per heavy atom. The fourth-order valence-electron chi connectivity index (χ4n) is 3.29. The summed E-state index contributed by atoms with van der Waals surface area (Å²) in [7, 11) is 0. The molecule has 0 atom stereocenters. The van der Waals surface area contributed by atoms with Crippen molar-refractivity contribution in [3.8, 4) is 28.0 Å². The molecule has 1 nitrogen and oxygen atoms in total. The van der Waals surface area contributed by atoms with Gasteiger partial charge in [0.2, 0.25) is 0 Å². The molecule has 0 saturated carbocycles. The van der Waals surface area contributed by atoms with Gasteiger partial charge in [-0.15, -0.1) is 11.8 Å². The van der Waals surface area contributed by atoms with Gasteiger partial charge >= 0.3 is 0 Å². The van der Waals surface area contributed by atoms with Crippen LogP contribution < -0.4 is 4.74 Å². The number of benzene rings is 3. The number of hydrogen-bond acceptors (Lipinski definition) is 2. The van der Waals surface area contributed by atoms with Crippen LogP contribution in [0, 0.1) is 19.7 Å². The van der Waals surface area contributed by atoms with Gasteiger partial charge in [-0.1, -0.05) is 35.9 Å². The molecule has 150 valence electrons. The Morgan fingerprint density at radius 1 is 0.897 bits per heavy atom. The number of halogens is 1. The van der Waals surface area contributed by atoms with Crippen molar-refractivity contribution >= 4 is 11.8 Å². The first kappa shape index (κ1) is 21.2. The summed E-state index contributed by atoms with van der Waals surface area (Å²) in [6.45, 7) is 8.55. The number of aryl methyl sites for hydroxylation is 2. The summed E-state index contributed by atoms with van der Waals surface area (Å²) in [5.41, 5.74) is 7.76. The Bertz CT molecular complexity index is 1030. The van der Waals surface area contributed by atoms with Crippen molar-refractivity contribution in [2.24, 2.45) is 0 Å². The van der Waals surface area contributed by atoms with Crippen molar-refractivity contribution < 1.29 is 9.13 Å². The van der Waals surface area contributed by atoms with Crippen molar-refractivity contribution in [2.45, 2.75) is 32.6 Å². The molecule has 0 unspecified atom stereocenters. The highest BCUT2D eigenvalue weighted by Gasteiger charge is 2.11. The van der Waals surface area contributed by atoms with Gasteiger partial charge in [0.1, 0.15) is 6.61 Å². The maximum absolute atomic E-state index is 14.6. The summed E-state index contributed by atoms with van der Waals surface area (Å²) in [5.74, 6) is -0.0513. The van der Waals surface area contributed by atoms with E-state index in [1.807, 2.05) is 26.0 Å². The van der Waals surface area contributed by atoms with Gasteiger partial charge in [-0.05, 0) is 97.7 Å². The van der Waals surface area contributed by atoms with Crippen LogP contribution in [0.25, 0.3) is 22.3 Å². The highest BCUT2D eigenvalue weighted by atomic mass is 32.2. The Kier molecular flexibility index (Phi) is 6.81. The largest absolute Gasteiger partial charge is 0.486 e. The highest BCUT2D eigenvalue weighted by molar-refractivity contribution is 7.98. The Labute approximate surface area is 177 Å². The van der Waals surface area contributed by atoms with Gasteiger partial charge in [0.15, 0.2) is 11.6 Å². The molecule has 0 radical (unpaired) electrons. The van der Waals surface area contributed by atoms with E-state index < -0.39 is 0 Å². The lowest BCUT2D eigenvalue weighted by Gasteiger charge is -2.14. The van der Waals surface area contributed by atoms with Crippen LogP contribution >= 0.6 is 11.8 Å². The fourth-order valence-corrected chi connectivity index (χ4v) is 3.70. The van der Waals surface area contributed by atoms with Crippen molar-refractivity contribution in [1.82, 2.24) is 0 Å². The summed E-state index contributed by atoms with van der Waals surface area (Å²) in [6.07, 6.45) is 4.02. The van der Waals surface area contributed by atoms with Crippen molar-refractivity contribution in [1.29, 1.82) is 0 Å². The molecule has 3 aromatic carbocycles. The second-order valence-electron chi connectivity index (χ2n) is 7.45. The van der Waals surface area contributed by atoms with Crippen LogP contribution in [0.2, 0.25) is 0 Å².